The number of aromatic nitrogens is 3. The van der Waals surface area contributed by atoms with Crippen molar-refractivity contribution in [3.8, 4) is 0 Å². The predicted octanol–water partition coefficient (Wildman–Crippen LogP) is 3.63. The Morgan fingerprint density at radius 3 is 2.57 bits per heavy atom. The van der Waals surface area contributed by atoms with Crippen LogP contribution < -0.4 is 27.3 Å². The molecule has 1 saturated carbocycles. The van der Waals surface area contributed by atoms with Crippen molar-refractivity contribution >= 4 is 28.4 Å². The number of nitrogens with zero attached hydrogens (tertiary/aromatic N) is 2. The lowest BCUT2D eigenvalue weighted by Crippen LogP contribution is -2.53. The van der Waals surface area contributed by atoms with Crippen LogP contribution in [-0.4, -0.2) is 67.9 Å². The third-order valence-electron chi connectivity index (χ3n) is 9.62. The minimum atomic E-state index is -1.46. The number of fused-ring (bicyclic) bond motifs is 1. The number of anilines is 2. The molecule has 3 heterocycles. The summed E-state index contributed by atoms with van der Waals surface area (Å²) in [6.45, 7) is 4.91. The number of piperazine rings is 1. The number of halogens is 2. The molecule has 6 rings (SSSR count). The number of hydrogen-bond donors (Lipinski definition) is 6. The highest BCUT2D eigenvalue weighted by Gasteiger charge is 2.35. The van der Waals surface area contributed by atoms with Crippen molar-refractivity contribution in [2.45, 2.75) is 70.5 Å². The average molecular weight is 679 g/mol. The maximum absolute atomic E-state index is 16.5. The van der Waals surface area contributed by atoms with Gasteiger partial charge in [-0.25, -0.2) is 18.4 Å². The Morgan fingerprint density at radius 2 is 1.90 bits per heavy atom. The molecule has 0 amide bonds. The van der Waals surface area contributed by atoms with E-state index in [1.807, 2.05) is 36.9 Å². The zero-order chi connectivity index (χ0) is 35.0. The maximum Gasteiger partial charge on any atom is 0.341 e. The van der Waals surface area contributed by atoms with E-state index in [2.05, 4.69) is 20.6 Å². The first kappa shape index (κ1) is 34.2. The van der Waals surface area contributed by atoms with Crippen LogP contribution in [0.5, 0.6) is 0 Å². The molecule has 1 saturated heterocycles. The second-order valence-corrected chi connectivity index (χ2v) is 12.9. The fourth-order valence-electron chi connectivity index (χ4n) is 6.88. The van der Waals surface area contributed by atoms with Gasteiger partial charge in [0.15, 0.2) is 5.82 Å². The number of carboxylic acids is 1. The second kappa shape index (κ2) is 14.1. The monoisotopic (exact) mass is 678 g/mol. The minimum absolute atomic E-state index is 0.0353. The zero-order valence-electron chi connectivity index (χ0n) is 27.4. The summed E-state index contributed by atoms with van der Waals surface area (Å²) in [5.74, 6) is -3.46. The number of carboxylic acid groups (broad SMARTS) is 1. The number of nitrogens with one attached hydrogen (secondary N) is 4. The fourth-order valence-corrected chi connectivity index (χ4v) is 6.88. The molecular weight excluding hydrogens is 638 g/mol. The van der Waals surface area contributed by atoms with Gasteiger partial charge in [-0.2, -0.15) is 0 Å². The summed E-state index contributed by atoms with van der Waals surface area (Å²) in [6, 6.07) is 6.69. The number of aromatic amines is 2. The van der Waals surface area contributed by atoms with Crippen LogP contribution in [0.15, 0.2) is 44.7 Å². The molecule has 2 aromatic carbocycles. The number of hydrogen-bond acceptors (Lipinski definition) is 8. The summed E-state index contributed by atoms with van der Waals surface area (Å²) in [5, 5.41) is 25.4. The molecule has 2 atom stereocenters. The van der Waals surface area contributed by atoms with Gasteiger partial charge in [0.05, 0.1) is 17.5 Å². The standard InChI is InChI=1S/C35H40F2N6O6/c1-3-19-13-21(9-6-18(19)2)39-26-15-27(45)43(35(49)40-26)11-4-5-25(42-12-10-38-22(16-42)17-44)28-24(36)14-23-32(30(28)37)41-31(20-7-8-20)29(33(23)46)34(47)48/h6,9,13-15,20,22,25,38-39,44H,3-5,7-8,10-12,16-17H2,1-2H3,(H,40,49)(H,41,46)(H,47,48). The van der Waals surface area contributed by atoms with Gasteiger partial charge in [-0.1, -0.05) is 13.0 Å². The summed E-state index contributed by atoms with van der Waals surface area (Å²) < 4.78 is 33.5. The van der Waals surface area contributed by atoms with Gasteiger partial charge in [0.1, 0.15) is 17.2 Å². The van der Waals surface area contributed by atoms with Crippen LogP contribution in [0.1, 0.15) is 77.3 Å². The van der Waals surface area contributed by atoms with Crippen molar-refractivity contribution in [1.82, 2.24) is 24.8 Å². The number of benzene rings is 2. The molecule has 1 aliphatic carbocycles. The Kier molecular flexibility index (Phi) is 9.82. The van der Waals surface area contributed by atoms with E-state index in [1.54, 1.807) is 0 Å². The van der Waals surface area contributed by atoms with Gasteiger partial charge in [0.2, 0.25) is 5.43 Å². The quantitative estimate of drug-likeness (QED) is 0.131. The lowest BCUT2D eigenvalue weighted by molar-refractivity contribution is 0.0694. The van der Waals surface area contributed by atoms with Gasteiger partial charge in [-0.05, 0) is 68.4 Å². The van der Waals surface area contributed by atoms with Gasteiger partial charge >= 0.3 is 11.7 Å². The van der Waals surface area contributed by atoms with Crippen LogP contribution in [-0.2, 0) is 13.0 Å². The van der Waals surface area contributed by atoms with Gasteiger partial charge < -0.3 is 25.8 Å². The highest BCUT2D eigenvalue weighted by atomic mass is 19.1. The molecule has 1 aliphatic heterocycles. The molecule has 2 fully saturated rings. The van der Waals surface area contributed by atoms with E-state index in [1.165, 1.54) is 6.07 Å². The topological polar surface area (TPSA) is 173 Å². The summed E-state index contributed by atoms with van der Waals surface area (Å²) in [5.41, 5.74) is -0.0953. The number of H-pyrrole nitrogens is 2. The number of pyridine rings is 1. The highest BCUT2D eigenvalue weighted by Crippen LogP contribution is 2.41. The van der Waals surface area contributed by atoms with Crippen LogP contribution in [0.3, 0.4) is 0 Å². The first-order chi connectivity index (χ1) is 23.5. The lowest BCUT2D eigenvalue weighted by atomic mass is 9.94. The van der Waals surface area contributed by atoms with Crippen molar-refractivity contribution in [3.63, 3.8) is 0 Å². The molecule has 2 aliphatic rings. The van der Waals surface area contributed by atoms with Crippen molar-refractivity contribution in [2.75, 3.05) is 31.6 Å². The molecule has 49 heavy (non-hydrogen) atoms. The Hall–Kier alpha value is -4.66. The first-order valence-electron chi connectivity index (χ1n) is 16.6. The smallest absolute Gasteiger partial charge is 0.341 e. The van der Waals surface area contributed by atoms with E-state index in [-0.39, 0.29) is 67.1 Å². The Labute approximate surface area is 279 Å². The number of aryl methyl sites for hydroxylation is 2. The van der Waals surface area contributed by atoms with Crippen LogP contribution in [0.2, 0.25) is 0 Å². The maximum atomic E-state index is 16.5. The normalized spacial score (nSPS) is 17.4. The molecular formula is C35H40F2N6O6. The molecule has 0 bridgehead atoms. The summed E-state index contributed by atoms with van der Waals surface area (Å²) in [4.78, 5) is 58.6. The minimum Gasteiger partial charge on any atom is -0.477 e. The number of carbonyl (C=O) groups is 1. The molecule has 14 heteroatoms. The number of aliphatic hydroxyl groups is 1. The predicted molar refractivity (Wildman–Crippen MR) is 181 cm³/mol. The lowest BCUT2D eigenvalue weighted by Gasteiger charge is -2.39. The van der Waals surface area contributed by atoms with Gasteiger partial charge in [0.25, 0.3) is 5.56 Å². The van der Waals surface area contributed by atoms with Crippen molar-refractivity contribution in [2.24, 2.45) is 0 Å². The fraction of sp³-hybridized carbons (Fsp3) is 0.429. The third-order valence-corrected chi connectivity index (χ3v) is 9.62. The highest BCUT2D eigenvalue weighted by molar-refractivity contribution is 5.94. The van der Waals surface area contributed by atoms with Crippen LogP contribution >= 0.6 is 0 Å². The van der Waals surface area contributed by atoms with Gasteiger partial charge in [0, 0.05) is 67.2 Å². The SMILES string of the molecule is CCc1cc(Nc2cc(=O)n(CCCC(c3c(F)cc4c(=O)c(C(=O)O)c(C5CC5)[nH]c4c3F)N3CCNC(CO)C3)c(=O)[nH]2)ccc1C. The zero-order valence-corrected chi connectivity index (χ0v) is 27.4. The molecule has 0 radical (unpaired) electrons. The summed E-state index contributed by atoms with van der Waals surface area (Å²) in [7, 11) is 0. The molecule has 12 nitrogen and oxygen atoms in total. The largest absolute Gasteiger partial charge is 0.477 e. The van der Waals surface area contributed by atoms with Gasteiger partial charge in [-0.3, -0.25) is 24.0 Å². The Morgan fingerprint density at radius 1 is 1.12 bits per heavy atom. The Balaban J connectivity index is 1.31. The van der Waals surface area contributed by atoms with E-state index in [0.29, 0.717) is 25.9 Å². The average Bonchev–Trinajstić information content (AvgIpc) is 3.92. The molecule has 260 valence electrons. The molecule has 0 spiro atoms. The number of aliphatic hydroxyl groups excluding tert-OH is 1. The van der Waals surface area contributed by atoms with Crippen molar-refractivity contribution < 1.29 is 23.8 Å². The molecule has 4 aromatic rings. The Bertz CT molecular complexity index is 2060. The van der Waals surface area contributed by atoms with Crippen molar-refractivity contribution in [3.05, 3.63) is 101 Å². The number of rotatable bonds is 12. The van der Waals surface area contributed by atoms with E-state index in [0.717, 1.165) is 33.9 Å². The third kappa shape index (κ3) is 6.94. The van der Waals surface area contributed by atoms with E-state index in [4.69, 9.17) is 0 Å². The summed E-state index contributed by atoms with van der Waals surface area (Å²) in [6.07, 6.45) is 2.42. The molecule has 6 N–H and O–H groups in total. The summed E-state index contributed by atoms with van der Waals surface area (Å²) >= 11 is 0. The van der Waals surface area contributed by atoms with Gasteiger partial charge in [-0.15, -0.1) is 0 Å². The molecule has 2 unspecified atom stereocenters. The van der Waals surface area contributed by atoms with E-state index < -0.39 is 51.3 Å². The molecule has 2 aromatic heterocycles. The second-order valence-electron chi connectivity index (χ2n) is 12.9. The van der Waals surface area contributed by atoms with Crippen LogP contribution in [0, 0.1) is 18.6 Å². The van der Waals surface area contributed by atoms with Crippen LogP contribution in [0.4, 0.5) is 20.3 Å². The number of aromatic carboxylic acids is 1. The van der Waals surface area contributed by atoms with E-state index in [9.17, 15) is 29.4 Å². The first-order valence-corrected chi connectivity index (χ1v) is 16.6. The van der Waals surface area contributed by atoms with Crippen LogP contribution in [0.25, 0.3) is 10.9 Å². The van der Waals surface area contributed by atoms with Crippen molar-refractivity contribution in [1.29, 1.82) is 0 Å². The van der Waals surface area contributed by atoms with E-state index >= 15 is 8.78 Å².